The molecule has 1 fully saturated rings. The molecule has 0 atom stereocenters. The van der Waals surface area contributed by atoms with Crippen LogP contribution in [-0.4, -0.2) is 52.7 Å². The summed E-state index contributed by atoms with van der Waals surface area (Å²) in [6.45, 7) is 9.33. The number of hydrogen-bond donors (Lipinski definition) is 2. The minimum atomic E-state index is -0.102. The normalized spacial score (nSPS) is 14.4. The van der Waals surface area contributed by atoms with Gasteiger partial charge in [-0.25, -0.2) is 4.68 Å². The largest absolute Gasteiger partial charge is 0.351 e. The topological polar surface area (TPSA) is 79.3 Å². The van der Waals surface area contributed by atoms with Crippen LogP contribution in [0.4, 0.5) is 5.69 Å². The molecule has 0 aliphatic carbocycles. The van der Waals surface area contributed by atoms with E-state index in [1.165, 1.54) is 12.8 Å². The van der Waals surface area contributed by atoms with Crippen molar-refractivity contribution in [1.29, 1.82) is 0 Å². The zero-order chi connectivity index (χ0) is 20.1. The molecule has 2 aromatic rings. The molecule has 150 valence electrons. The predicted molar refractivity (Wildman–Crippen MR) is 110 cm³/mol. The lowest BCUT2D eigenvalue weighted by molar-refractivity contribution is -0.118. The molecular formula is C21H29N5O2. The van der Waals surface area contributed by atoms with Crippen LogP contribution in [0.5, 0.6) is 0 Å². The van der Waals surface area contributed by atoms with Gasteiger partial charge in [-0.05, 0) is 51.1 Å². The molecule has 0 unspecified atom stereocenters. The zero-order valence-corrected chi connectivity index (χ0v) is 16.9. The number of anilines is 1. The number of aryl methyl sites for hydroxylation is 1. The lowest BCUT2D eigenvalue weighted by atomic mass is 10.2. The van der Waals surface area contributed by atoms with Crippen LogP contribution in [0.3, 0.4) is 0 Å². The smallest absolute Gasteiger partial charge is 0.251 e. The number of benzene rings is 1. The fourth-order valence-corrected chi connectivity index (χ4v) is 3.22. The molecule has 1 aromatic heterocycles. The number of carbonyl (C=O) groups is 2. The summed E-state index contributed by atoms with van der Waals surface area (Å²) < 4.78 is 1.69. The van der Waals surface area contributed by atoms with E-state index in [9.17, 15) is 9.59 Å². The second-order valence-electron chi connectivity index (χ2n) is 7.57. The standard InChI is InChI=1S/C21H29N5O2/c1-15(2)20(27)23-19-14-26(24-16(19)3)18-8-6-7-17(13-18)21(28)22-9-12-25-10-4-5-11-25/h6-8,13-15H,4-5,9-12H2,1-3H3,(H,22,28)(H,23,27). The molecule has 0 saturated carbocycles. The quantitative estimate of drug-likeness (QED) is 0.770. The fourth-order valence-electron chi connectivity index (χ4n) is 3.22. The maximum absolute atomic E-state index is 12.5. The van der Waals surface area contributed by atoms with E-state index >= 15 is 0 Å². The van der Waals surface area contributed by atoms with Gasteiger partial charge in [-0.1, -0.05) is 19.9 Å². The molecule has 0 spiro atoms. The summed E-state index contributed by atoms with van der Waals surface area (Å²) in [6.07, 6.45) is 4.28. The Bertz CT molecular complexity index is 837. The van der Waals surface area contributed by atoms with Crippen molar-refractivity contribution in [2.45, 2.75) is 33.6 Å². The van der Waals surface area contributed by atoms with Crippen molar-refractivity contribution in [2.75, 3.05) is 31.5 Å². The summed E-state index contributed by atoms with van der Waals surface area (Å²) in [7, 11) is 0. The molecule has 0 bridgehead atoms. The van der Waals surface area contributed by atoms with Crippen LogP contribution < -0.4 is 10.6 Å². The number of rotatable bonds is 7. The van der Waals surface area contributed by atoms with Crippen LogP contribution in [0.15, 0.2) is 30.5 Å². The van der Waals surface area contributed by atoms with E-state index < -0.39 is 0 Å². The molecular weight excluding hydrogens is 354 g/mol. The number of likely N-dealkylation sites (tertiary alicyclic amines) is 1. The van der Waals surface area contributed by atoms with Gasteiger partial charge in [-0.3, -0.25) is 9.59 Å². The van der Waals surface area contributed by atoms with E-state index in [1.54, 1.807) is 16.9 Å². The first-order valence-corrected chi connectivity index (χ1v) is 9.92. The summed E-state index contributed by atoms with van der Waals surface area (Å²) >= 11 is 0. The Kier molecular flexibility index (Phi) is 6.46. The van der Waals surface area contributed by atoms with Gasteiger partial charge < -0.3 is 15.5 Å². The van der Waals surface area contributed by atoms with Crippen LogP contribution in [-0.2, 0) is 4.79 Å². The summed E-state index contributed by atoms with van der Waals surface area (Å²) in [6, 6.07) is 7.34. The number of nitrogens with one attached hydrogen (secondary N) is 2. The second-order valence-corrected chi connectivity index (χ2v) is 7.57. The lowest BCUT2D eigenvalue weighted by Gasteiger charge is -2.14. The lowest BCUT2D eigenvalue weighted by Crippen LogP contribution is -2.33. The Labute approximate surface area is 166 Å². The maximum atomic E-state index is 12.5. The molecule has 28 heavy (non-hydrogen) atoms. The Morgan fingerprint density at radius 2 is 1.96 bits per heavy atom. The van der Waals surface area contributed by atoms with Gasteiger partial charge in [-0.2, -0.15) is 5.10 Å². The van der Waals surface area contributed by atoms with Gasteiger partial charge >= 0.3 is 0 Å². The molecule has 7 nitrogen and oxygen atoms in total. The third-order valence-electron chi connectivity index (χ3n) is 4.97. The molecule has 1 aliphatic rings. The minimum Gasteiger partial charge on any atom is -0.351 e. The average Bonchev–Trinajstić information content (AvgIpc) is 3.32. The summed E-state index contributed by atoms with van der Waals surface area (Å²) in [5, 5.41) is 10.3. The van der Waals surface area contributed by atoms with Gasteiger partial charge in [0.05, 0.1) is 23.3 Å². The third kappa shape index (κ3) is 4.98. The van der Waals surface area contributed by atoms with E-state index in [2.05, 4.69) is 20.6 Å². The molecule has 0 radical (unpaired) electrons. The Balaban J connectivity index is 1.65. The van der Waals surface area contributed by atoms with Gasteiger partial charge in [-0.15, -0.1) is 0 Å². The van der Waals surface area contributed by atoms with E-state index in [1.807, 2.05) is 39.0 Å². The number of amides is 2. The summed E-state index contributed by atoms with van der Waals surface area (Å²) in [5.41, 5.74) is 2.79. The highest BCUT2D eigenvalue weighted by atomic mass is 16.2. The predicted octanol–water partition coefficient (Wildman–Crippen LogP) is 2.60. The van der Waals surface area contributed by atoms with Crippen molar-refractivity contribution in [3.8, 4) is 5.69 Å². The number of nitrogens with zero attached hydrogens (tertiary/aromatic N) is 3. The van der Waals surface area contributed by atoms with Gasteiger partial charge in [0, 0.05) is 24.6 Å². The Hall–Kier alpha value is -2.67. The van der Waals surface area contributed by atoms with Crippen LogP contribution in [0.1, 0.15) is 42.7 Å². The maximum Gasteiger partial charge on any atom is 0.251 e. The summed E-state index contributed by atoms with van der Waals surface area (Å²) in [5.74, 6) is -0.234. The van der Waals surface area contributed by atoms with Gasteiger partial charge in [0.2, 0.25) is 5.91 Å². The first-order valence-electron chi connectivity index (χ1n) is 9.92. The van der Waals surface area contributed by atoms with Gasteiger partial charge in [0.1, 0.15) is 0 Å². The highest BCUT2D eigenvalue weighted by Crippen LogP contribution is 2.18. The molecule has 2 amide bonds. The molecule has 3 rings (SSSR count). The second kappa shape index (κ2) is 9.01. The first-order chi connectivity index (χ1) is 13.4. The molecule has 1 aliphatic heterocycles. The first kappa shape index (κ1) is 20.1. The van der Waals surface area contributed by atoms with Crippen molar-refractivity contribution in [3.05, 3.63) is 41.7 Å². The van der Waals surface area contributed by atoms with E-state index in [4.69, 9.17) is 0 Å². The molecule has 1 saturated heterocycles. The van der Waals surface area contributed by atoms with Gasteiger partial charge in [0.15, 0.2) is 0 Å². The summed E-state index contributed by atoms with van der Waals surface area (Å²) in [4.78, 5) is 26.8. The number of carbonyl (C=O) groups excluding carboxylic acids is 2. The number of hydrogen-bond acceptors (Lipinski definition) is 4. The molecule has 7 heteroatoms. The van der Waals surface area contributed by atoms with Crippen molar-refractivity contribution in [1.82, 2.24) is 20.0 Å². The minimum absolute atomic E-state index is 0.0474. The Morgan fingerprint density at radius 1 is 1.21 bits per heavy atom. The van der Waals surface area contributed by atoms with Gasteiger partial charge in [0.25, 0.3) is 5.91 Å². The van der Waals surface area contributed by atoms with Crippen LogP contribution in [0.25, 0.3) is 5.69 Å². The van der Waals surface area contributed by atoms with Crippen LogP contribution >= 0.6 is 0 Å². The van der Waals surface area contributed by atoms with Crippen molar-refractivity contribution >= 4 is 17.5 Å². The van der Waals surface area contributed by atoms with Crippen LogP contribution in [0.2, 0.25) is 0 Å². The molecule has 2 heterocycles. The fraction of sp³-hybridized carbons (Fsp3) is 0.476. The van der Waals surface area contributed by atoms with Crippen LogP contribution in [0, 0.1) is 12.8 Å². The average molecular weight is 383 g/mol. The zero-order valence-electron chi connectivity index (χ0n) is 16.9. The Morgan fingerprint density at radius 3 is 2.68 bits per heavy atom. The van der Waals surface area contributed by atoms with Crippen molar-refractivity contribution in [2.24, 2.45) is 5.92 Å². The van der Waals surface area contributed by atoms with Crippen molar-refractivity contribution in [3.63, 3.8) is 0 Å². The SMILES string of the molecule is Cc1nn(-c2cccc(C(=O)NCCN3CCCC3)c2)cc1NC(=O)C(C)C. The monoisotopic (exact) mass is 383 g/mol. The van der Waals surface area contributed by atoms with E-state index in [0.717, 1.165) is 31.0 Å². The number of aromatic nitrogens is 2. The van der Waals surface area contributed by atoms with E-state index in [0.29, 0.717) is 17.8 Å². The van der Waals surface area contributed by atoms with Crippen molar-refractivity contribution < 1.29 is 9.59 Å². The molecule has 2 N–H and O–H groups in total. The third-order valence-corrected chi connectivity index (χ3v) is 4.97. The van der Waals surface area contributed by atoms with E-state index in [-0.39, 0.29) is 17.7 Å². The highest BCUT2D eigenvalue weighted by molar-refractivity contribution is 5.95. The highest BCUT2D eigenvalue weighted by Gasteiger charge is 2.14. The molecule has 1 aromatic carbocycles.